The number of hydrogen-bond acceptors (Lipinski definition) is 4. The van der Waals surface area contributed by atoms with Gasteiger partial charge in [-0.25, -0.2) is 14.8 Å². The fourth-order valence-corrected chi connectivity index (χ4v) is 2.29. The molecule has 3 rings (SSSR count). The van der Waals surface area contributed by atoms with Gasteiger partial charge in [-0.3, -0.25) is 4.98 Å². The lowest BCUT2D eigenvalue weighted by Gasteiger charge is -2.08. The van der Waals surface area contributed by atoms with Crippen LogP contribution in [0.5, 0.6) is 0 Å². The van der Waals surface area contributed by atoms with Gasteiger partial charge in [-0.15, -0.1) is 0 Å². The topological polar surface area (TPSA) is 76.0 Å². The number of aromatic carboxylic acids is 1. The summed E-state index contributed by atoms with van der Waals surface area (Å²) in [4.78, 5) is 24.2. The molecular formula is C15H15N3O2. The predicted octanol–water partition coefficient (Wildman–Crippen LogP) is 2.73. The van der Waals surface area contributed by atoms with Gasteiger partial charge in [-0.1, -0.05) is 6.07 Å². The predicted molar refractivity (Wildman–Crippen MR) is 73.7 cm³/mol. The zero-order valence-electron chi connectivity index (χ0n) is 11.4. The minimum Gasteiger partial charge on any atom is -0.478 e. The van der Waals surface area contributed by atoms with E-state index in [0.29, 0.717) is 11.5 Å². The van der Waals surface area contributed by atoms with Crippen molar-refractivity contribution in [2.75, 3.05) is 0 Å². The van der Waals surface area contributed by atoms with Crippen molar-refractivity contribution in [2.45, 2.75) is 32.6 Å². The number of aryl methyl sites for hydroxylation is 2. The second-order valence-electron chi connectivity index (χ2n) is 5.25. The van der Waals surface area contributed by atoms with E-state index in [9.17, 15) is 9.90 Å². The molecule has 2 aromatic rings. The smallest absolute Gasteiger partial charge is 0.339 e. The van der Waals surface area contributed by atoms with E-state index >= 15 is 0 Å². The van der Waals surface area contributed by atoms with Crippen molar-refractivity contribution in [1.82, 2.24) is 15.0 Å². The minimum atomic E-state index is -0.966. The van der Waals surface area contributed by atoms with Crippen LogP contribution < -0.4 is 0 Å². The molecule has 1 fully saturated rings. The van der Waals surface area contributed by atoms with Gasteiger partial charge in [0.05, 0.1) is 11.3 Å². The first kappa shape index (κ1) is 12.7. The highest BCUT2D eigenvalue weighted by Gasteiger charge is 2.30. The van der Waals surface area contributed by atoms with Gasteiger partial charge in [0.1, 0.15) is 5.69 Å². The number of carboxylic acid groups (broad SMARTS) is 1. The van der Waals surface area contributed by atoms with Crippen molar-refractivity contribution in [3.05, 3.63) is 40.8 Å². The highest BCUT2D eigenvalue weighted by atomic mass is 16.4. The Kier molecular flexibility index (Phi) is 2.97. The maximum Gasteiger partial charge on any atom is 0.339 e. The maximum atomic E-state index is 11.2. The summed E-state index contributed by atoms with van der Waals surface area (Å²) < 4.78 is 0. The van der Waals surface area contributed by atoms with Crippen LogP contribution in [0.1, 0.15) is 45.9 Å². The van der Waals surface area contributed by atoms with Crippen LogP contribution >= 0.6 is 0 Å². The third kappa shape index (κ3) is 2.27. The van der Waals surface area contributed by atoms with Crippen molar-refractivity contribution in [2.24, 2.45) is 0 Å². The zero-order chi connectivity index (χ0) is 14.3. The van der Waals surface area contributed by atoms with Gasteiger partial charge < -0.3 is 5.11 Å². The van der Waals surface area contributed by atoms with E-state index in [4.69, 9.17) is 0 Å². The molecule has 0 amide bonds. The second-order valence-corrected chi connectivity index (χ2v) is 5.25. The number of nitrogens with zero attached hydrogens (tertiary/aromatic N) is 3. The maximum absolute atomic E-state index is 11.2. The van der Waals surface area contributed by atoms with Gasteiger partial charge in [-0.05, 0) is 37.8 Å². The van der Waals surface area contributed by atoms with Crippen molar-refractivity contribution in [3.63, 3.8) is 0 Å². The van der Waals surface area contributed by atoms with Gasteiger partial charge in [-0.2, -0.15) is 0 Å². The molecule has 2 aromatic heterocycles. The Balaban J connectivity index is 2.10. The molecule has 1 aliphatic rings. The highest BCUT2D eigenvalue weighted by Crippen LogP contribution is 2.41. The van der Waals surface area contributed by atoms with E-state index in [1.54, 1.807) is 6.20 Å². The standard InChI is InChI=1S/C15H15N3O2/c1-8-5-9(2)12(16-6-8)14-17-7-11(15(19)20)13(18-14)10-3-4-10/h5-7,10H,3-4H2,1-2H3,(H,19,20). The molecule has 20 heavy (non-hydrogen) atoms. The first-order valence-corrected chi connectivity index (χ1v) is 6.60. The lowest BCUT2D eigenvalue weighted by Crippen LogP contribution is -2.07. The Morgan fingerprint density at radius 1 is 1.25 bits per heavy atom. The lowest BCUT2D eigenvalue weighted by atomic mass is 10.1. The van der Waals surface area contributed by atoms with E-state index in [2.05, 4.69) is 15.0 Å². The summed E-state index contributed by atoms with van der Waals surface area (Å²) in [6, 6.07) is 2.02. The Morgan fingerprint density at radius 3 is 2.60 bits per heavy atom. The molecule has 0 aromatic carbocycles. The molecule has 0 atom stereocenters. The summed E-state index contributed by atoms with van der Waals surface area (Å²) in [6.07, 6.45) is 5.17. The second kappa shape index (κ2) is 4.67. The number of carboxylic acids is 1. The molecule has 1 N–H and O–H groups in total. The monoisotopic (exact) mass is 269 g/mol. The molecule has 0 saturated heterocycles. The molecule has 0 radical (unpaired) electrons. The van der Waals surface area contributed by atoms with E-state index in [1.165, 1.54) is 6.20 Å². The molecule has 102 valence electrons. The Labute approximate surface area is 116 Å². The highest BCUT2D eigenvalue weighted by molar-refractivity contribution is 5.89. The molecular weight excluding hydrogens is 254 g/mol. The van der Waals surface area contributed by atoms with Crippen LogP contribution in [0.15, 0.2) is 18.5 Å². The quantitative estimate of drug-likeness (QED) is 0.927. The lowest BCUT2D eigenvalue weighted by molar-refractivity contribution is 0.0694. The average molecular weight is 269 g/mol. The van der Waals surface area contributed by atoms with Crippen molar-refractivity contribution >= 4 is 5.97 Å². The molecule has 0 aliphatic heterocycles. The Morgan fingerprint density at radius 2 is 2.00 bits per heavy atom. The normalized spacial score (nSPS) is 14.3. The van der Waals surface area contributed by atoms with Crippen molar-refractivity contribution < 1.29 is 9.90 Å². The third-order valence-electron chi connectivity index (χ3n) is 3.44. The molecule has 2 heterocycles. The summed E-state index contributed by atoms with van der Waals surface area (Å²) in [7, 11) is 0. The summed E-state index contributed by atoms with van der Waals surface area (Å²) >= 11 is 0. The Bertz CT molecular complexity index is 694. The number of rotatable bonds is 3. The van der Waals surface area contributed by atoms with Crippen molar-refractivity contribution in [3.8, 4) is 11.5 Å². The number of aromatic nitrogens is 3. The van der Waals surface area contributed by atoms with Crippen LogP contribution in [-0.4, -0.2) is 26.0 Å². The van der Waals surface area contributed by atoms with Crippen LogP contribution in [0, 0.1) is 13.8 Å². The summed E-state index contributed by atoms with van der Waals surface area (Å²) in [5.74, 6) is -0.199. The van der Waals surface area contributed by atoms with Crippen LogP contribution in [-0.2, 0) is 0 Å². The van der Waals surface area contributed by atoms with Crippen LogP contribution in [0.3, 0.4) is 0 Å². The SMILES string of the molecule is Cc1cnc(-c2ncc(C(=O)O)c(C3CC3)n2)c(C)c1. The van der Waals surface area contributed by atoms with Crippen LogP contribution in [0.2, 0.25) is 0 Å². The van der Waals surface area contributed by atoms with Gasteiger partial charge in [0, 0.05) is 18.3 Å². The number of pyridine rings is 1. The van der Waals surface area contributed by atoms with Gasteiger partial charge in [0.25, 0.3) is 0 Å². The van der Waals surface area contributed by atoms with Gasteiger partial charge in [0.2, 0.25) is 0 Å². The largest absolute Gasteiger partial charge is 0.478 e. The fourth-order valence-electron chi connectivity index (χ4n) is 2.29. The van der Waals surface area contributed by atoms with E-state index in [-0.39, 0.29) is 11.5 Å². The summed E-state index contributed by atoms with van der Waals surface area (Å²) in [5, 5.41) is 9.20. The number of carbonyl (C=O) groups is 1. The van der Waals surface area contributed by atoms with Crippen molar-refractivity contribution in [1.29, 1.82) is 0 Å². The third-order valence-corrected chi connectivity index (χ3v) is 3.44. The molecule has 5 nitrogen and oxygen atoms in total. The minimum absolute atomic E-state index is 0.209. The molecule has 1 aliphatic carbocycles. The molecule has 0 spiro atoms. The average Bonchev–Trinajstić information content (AvgIpc) is 3.22. The fraction of sp³-hybridized carbons (Fsp3) is 0.333. The van der Waals surface area contributed by atoms with E-state index in [1.807, 2.05) is 19.9 Å². The van der Waals surface area contributed by atoms with E-state index < -0.39 is 5.97 Å². The summed E-state index contributed by atoms with van der Waals surface area (Å²) in [6.45, 7) is 3.94. The van der Waals surface area contributed by atoms with Crippen LogP contribution in [0.4, 0.5) is 0 Å². The molecule has 1 saturated carbocycles. The first-order chi connectivity index (χ1) is 9.56. The molecule has 0 unspecified atom stereocenters. The first-order valence-electron chi connectivity index (χ1n) is 6.60. The Hall–Kier alpha value is -2.30. The number of hydrogen-bond donors (Lipinski definition) is 1. The van der Waals surface area contributed by atoms with Gasteiger partial charge >= 0.3 is 5.97 Å². The summed E-state index contributed by atoms with van der Waals surface area (Å²) in [5.41, 5.74) is 3.64. The van der Waals surface area contributed by atoms with E-state index in [0.717, 1.165) is 29.7 Å². The van der Waals surface area contributed by atoms with Gasteiger partial charge in [0.15, 0.2) is 5.82 Å². The zero-order valence-corrected chi connectivity index (χ0v) is 11.4. The molecule has 5 heteroatoms. The van der Waals surface area contributed by atoms with Crippen LogP contribution in [0.25, 0.3) is 11.5 Å². The molecule has 0 bridgehead atoms.